The average molecular weight is 523 g/mol. The number of ether oxygens (including phenoxy) is 1. The molecule has 2 amide bonds. The van der Waals surface area contributed by atoms with Crippen molar-refractivity contribution in [3.63, 3.8) is 0 Å². The van der Waals surface area contributed by atoms with Gasteiger partial charge >= 0.3 is 0 Å². The highest BCUT2D eigenvalue weighted by Gasteiger charge is 2.32. The van der Waals surface area contributed by atoms with Crippen molar-refractivity contribution in [2.24, 2.45) is 0 Å². The third-order valence-electron chi connectivity index (χ3n) is 5.72. The molecule has 7 heteroatoms. The van der Waals surface area contributed by atoms with Gasteiger partial charge in [-0.2, -0.15) is 0 Å². The fourth-order valence-corrected chi connectivity index (χ4v) is 4.75. The zero-order chi connectivity index (χ0) is 26.8. The van der Waals surface area contributed by atoms with E-state index in [0.717, 1.165) is 16.9 Å². The Morgan fingerprint density at radius 3 is 2.22 bits per heavy atom. The van der Waals surface area contributed by atoms with Crippen LogP contribution in [0.5, 0.6) is 5.75 Å². The Balaban J connectivity index is 1.85. The van der Waals surface area contributed by atoms with Gasteiger partial charge in [0.05, 0.1) is 12.9 Å². The maximum Gasteiger partial charge on any atom is 0.243 e. The van der Waals surface area contributed by atoms with Crippen molar-refractivity contribution in [1.29, 1.82) is 0 Å². The number of hydrogen-bond donors (Lipinski definition) is 1. The third-order valence-corrected chi connectivity index (χ3v) is 6.71. The Bertz CT molecular complexity index is 1160. The predicted molar refractivity (Wildman–Crippen MR) is 148 cm³/mol. The molecular formula is C30H35FN2O3S. The molecule has 0 saturated heterocycles. The molecule has 1 N–H and O–H groups in total. The van der Waals surface area contributed by atoms with E-state index in [4.69, 9.17) is 4.74 Å². The van der Waals surface area contributed by atoms with E-state index in [1.807, 2.05) is 75.4 Å². The zero-order valence-electron chi connectivity index (χ0n) is 21.9. The molecule has 1 unspecified atom stereocenters. The van der Waals surface area contributed by atoms with Crippen molar-refractivity contribution in [3.8, 4) is 5.75 Å². The lowest BCUT2D eigenvalue weighted by molar-refractivity contribution is -0.140. The summed E-state index contributed by atoms with van der Waals surface area (Å²) >= 11 is 1.46. The Morgan fingerprint density at radius 2 is 1.59 bits per heavy atom. The van der Waals surface area contributed by atoms with Crippen LogP contribution in [0, 0.1) is 5.82 Å². The van der Waals surface area contributed by atoms with Crippen LogP contribution in [-0.4, -0.2) is 41.2 Å². The second kappa shape index (κ2) is 13.3. The van der Waals surface area contributed by atoms with Crippen LogP contribution in [0.4, 0.5) is 4.39 Å². The van der Waals surface area contributed by atoms with Crippen molar-refractivity contribution < 1.29 is 18.7 Å². The number of benzene rings is 3. The molecule has 0 aliphatic carbocycles. The number of amides is 2. The van der Waals surface area contributed by atoms with Crippen LogP contribution in [0.3, 0.4) is 0 Å². The first-order valence-electron chi connectivity index (χ1n) is 12.3. The monoisotopic (exact) mass is 522 g/mol. The largest absolute Gasteiger partial charge is 0.497 e. The number of nitrogens with zero attached hydrogens (tertiary/aromatic N) is 1. The highest BCUT2D eigenvalue weighted by Crippen LogP contribution is 2.21. The summed E-state index contributed by atoms with van der Waals surface area (Å²) in [6.45, 7) is 5.71. The zero-order valence-corrected chi connectivity index (χ0v) is 22.7. The number of thioether (sulfide) groups is 1. The summed E-state index contributed by atoms with van der Waals surface area (Å²) in [4.78, 5) is 28.7. The van der Waals surface area contributed by atoms with Crippen LogP contribution in [0.25, 0.3) is 0 Å². The topological polar surface area (TPSA) is 58.6 Å². The molecule has 37 heavy (non-hydrogen) atoms. The first-order chi connectivity index (χ1) is 17.7. The number of carbonyl (C=O) groups is 2. The van der Waals surface area contributed by atoms with E-state index in [2.05, 4.69) is 5.32 Å². The van der Waals surface area contributed by atoms with Crippen molar-refractivity contribution in [2.45, 2.75) is 51.1 Å². The van der Waals surface area contributed by atoms with Gasteiger partial charge in [-0.1, -0.05) is 60.7 Å². The summed E-state index contributed by atoms with van der Waals surface area (Å²) < 4.78 is 19.9. The summed E-state index contributed by atoms with van der Waals surface area (Å²) in [5.41, 5.74) is 1.87. The predicted octanol–water partition coefficient (Wildman–Crippen LogP) is 5.62. The molecule has 0 saturated carbocycles. The number of hydrogen-bond acceptors (Lipinski definition) is 4. The molecule has 3 rings (SSSR count). The van der Waals surface area contributed by atoms with Gasteiger partial charge in [-0.15, -0.1) is 11.8 Å². The molecular weight excluding hydrogens is 487 g/mol. The molecule has 1 atom stereocenters. The Morgan fingerprint density at radius 1 is 0.946 bits per heavy atom. The van der Waals surface area contributed by atoms with Gasteiger partial charge < -0.3 is 15.0 Å². The van der Waals surface area contributed by atoms with Gasteiger partial charge in [0.1, 0.15) is 17.6 Å². The van der Waals surface area contributed by atoms with Gasteiger partial charge in [0.25, 0.3) is 0 Å². The number of carbonyl (C=O) groups excluding carboxylic acids is 2. The Labute approximate surface area is 223 Å². The second-order valence-corrected chi connectivity index (χ2v) is 10.9. The minimum Gasteiger partial charge on any atom is -0.497 e. The van der Waals surface area contributed by atoms with E-state index < -0.39 is 17.4 Å². The van der Waals surface area contributed by atoms with Gasteiger partial charge in [0.2, 0.25) is 11.8 Å². The lowest BCUT2D eigenvalue weighted by atomic mass is 10.0. The van der Waals surface area contributed by atoms with Crippen LogP contribution in [0.15, 0.2) is 78.9 Å². The molecule has 0 bridgehead atoms. The van der Waals surface area contributed by atoms with E-state index in [0.29, 0.717) is 17.7 Å². The second-order valence-electron chi connectivity index (χ2n) is 9.90. The molecule has 0 radical (unpaired) electrons. The van der Waals surface area contributed by atoms with E-state index in [1.165, 1.54) is 22.7 Å². The van der Waals surface area contributed by atoms with E-state index >= 15 is 0 Å². The van der Waals surface area contributed by atoms with Crippen LogP contribution in [0.2, 0.25) is 0 Å². The first-order valence-corrected chi connectivity index (χ1v) is 13.4. The van der Waals surface area contributed by atoms with Crippen LogP contribution < -0.4 is 10.1 Å². The SMILES string of the molecule is COc1ccc(CSCC(=O)N(Cc2ccccc2F)C(Cc2ccccc2)C(=O)NC(C)(C)C)cc1. The summed E-state index contributed by atoms with van der Waals surface area (Å²) in [6, 6.07) is 22.9. The van der Waals surface area contributed by atoms with Crippen molar-refractivity contribution in [1.82, 2.24) is 10.2 Å². The van der Waals surface area contributed by atoms with Gasteiger partial charge in [-0.25, -0.2) is 4.39 Å². The molecule has 5 nitrogen and oxygen atoms in total. The molecule has 0 aliphatic heterocycles. The average Bonchev–Trinajstić information content (AvgIpc) is 2.87. The fraction of sp³-hybridized carbons (Fsp3) is 0.333. The third kappa shape index (κ3) is 8.93. The number of methoxy groups -OCH3 is 1. The lowest BCUT2D eigenvalue weighted by Crippen LogP contribution is -2.54. The van der Waals surface area contributed by atoms with Crippen molar-refractivity contribution in [2.75, 3.05) is 12.9 Å². The van der Waals surface area contributed by atoms with Gasteiger partial charge in [-0.05, 0) is 50.1 Å². The first kappa shape index (κ1) is 28.3. The van der Waals surface area contributed by atoms with Gasteiger partial charge in [0, 0.05) is 29.8 Å². The lowest BCUT2D eigenvalue weighted by Gasteiger charge is -2.34. The maximum atomic E-state index is 14.7. The molecule has 0 fully saturated rings. The van der Waals surface area contributed by atoms with Crippen LogP contribution in [0.1, 0.15) is 37.5 Å². The standard InChI is InChI=1S/C30H35FN2O3S/c1-30(2,3)32-29(35)27(18-22-10-6-5-7-11-22)33(19-24-12-8-9-13-26(24)31)28(34)21-37-20-23-14-16-25(36-4)17-15-23/h5-17,27H,18-21H2,1-4H3,(H,32,35). The summed E-state index contributed by atoms with van der Waals surface area (Å²) in [6.07, 6.45) is 0.325. The maximum absolute atomic E-state index is 14.7. The Kier molecular flexibility index (Phi) is 10.1. The number of nitrogens with one attached hydrogen (secondary N) is 1. The molecule has 0 aromatic heterocycles. The van der Waals surface area contributed by atoms with Crippen molar-refractivity contribution >= 4 is 23.6 Å². The molecule has 196 valence electrons. The van der Waals surface area contributed by atoms with E-state index in [1.54, 1.807) is 25.3 Å². The molecule has 3 aromatic rings. The van der Waals surface area contributed by atoms with Crippen LogP contribution in [-0.2, 0) is 28.3 Å². The highest BCUT2D eigenvalue weighted by molar-refractivity contribution is 7.99. The van der Waals surface area contributed by atoms with Crippen molar-refractivity contribution in [3.05, 3.63) is 101 Å². The molecule has 0 aliphatic rings. The number of rotatable bonds is 11. The van der Waals surface area contributed by atoms with Crippen LogP contribution >= 0.6 is 11.8 Å². The minimum absolute atomic E-state index is 0.00364. The molecule has 0 spiro atoms. The summed E-state index contributed by atoms with van der Waals surface area (Å²) in [5, 5.41) is 3.02. The van der Waals surface area contributed by atoms with E-state index in [-0.39, 0.29) is 24.1 Å². The molecule has 3 aromatic carbocycles. The number of halogens is 1. The smallest absolute Gasteiger partial charge is 0.243 e. The van der Waals surface area contributed by atoms with Gasteiger partial charge in [-0.3, -0.25) is 9.59 Å². The summed E-state index contributed by atoms with van der Waals surface area (Å²) in [5.74, 6) is 0.679. The van der Waals surface area contributed by atoms with E-state index in [9.17, 15) is 14.0 Å². The Hall–Kier alpha value is -3.32. The minimum atomic E-state index is -0.796. The normalized spacial score (nSPS) is 12.0. The van der Waals surface area contributed by atoms with Gasteiger partial charge in [0.15, 0.2) is 0 Å². The summed E-state index contributed by atoms with van der Waals surface area (Å²) in [7, 11) is 1.62. The highest BCUT2D eigenvalue weighted by atomic mass is 32.2. The quantitative estimate of drug-likeness (QED) is 0.355. The fourth-order valence-electron chi connectivity index (χ4n) is 3.88. The molecule has 0 heterocycles.